The Morgan fingerprint density at radius 3 is 2.66 bits per heavy atom. The van der Waals surface area contributed by atoms with E-state index < -0.39 is 10.7 Å². The summed E-state index contributed by atoms with van der Waals surface area (Å²) in [6, 6.07) is 13.2. The van der Waals surface area contributed by atoms with E-state index in [4.69, 9.17) is 10.2 Å². The van der Waals surface area contributed by atoms with Gasteiger partial charge in [-0.3, -0.25) is 19.5 Å². The molecule has 9 nitrogen and oxygen atoms in total. The molecule has 0 saturated heterocycles. The van der Waals surface area contributed by atoms with Gasteiger partial charge in [-0.25, -0.2) is 4.79 Å². The van der Waals surface area contributed by atoms with Crippen molar-refractivity contribution in [3.8, 4) is 0 Å². The van der Waals surface area contributed by atoms with Crippen LogP contribution in [0.15, 0.2) is 57.7 Å². The first-order valence-electron chi connectivity index (χ1n) is 8.80. The molecule has 10 heteroatoms. The van der Waals surface area contributed by atoms with Crippen molar-refractivity contribution in [3.05, 3.63) is 74.8 Å². The van der Waals surface area contributed by atoms with Crippen LogP contribution in [0.4, 0.5) is 5.69 Å². The van der Waals surface area contributed by atoms with Crippen LogP contribution < -0.4 is 16.8 Å². The van der Waals surface area contributed by atoms with Crippen molar-refractivity contribution < 1.29 is 14.1 Å². The van der Waals surface area contributed by atoms with E-state index in [9.17, 15) is 19.7 Å². The molecular weight excluding hydrogens is 400 g/mol. The smallest absolute Gasteiger partial charge is 0.407 e. The Morgan fingerprint density at radius 1 is 1.24 bits per heavy atom. The average molecular weight is 421 g/mol. The predicted molar refractivity (Wildman–Crippen MR) is 110 cm³/mol. The van der Waals surface area contributed by atoms with Crippen LogP contribution in [-0.4, -0.2) is 21.9 Å². The maximum Gasteiger partial charge on any atom is 0.419 e. The van der Waals surface area contributed by atoms with Crippen molar-refractivity contribution >= 4 is 35.1 Å². The van der Waals surface area contributed by atoms with Gasteiger partial charge in [0.25, 0.3) is 5.69 Å². The predicted octanol–water partition coefficient (Wildman–Crippen LogP) is 2.52. The Balaban J connectivity index is 0.00000300. The van der Waals surface area contributed by atoms with Crippen LogP contribution >= 0.6 is 12.4 Å². The zero-order valence-electron chi connectivity index (χ0n) is 15.4. The molecule has 29 heavy (non-hydrogen) atoms. The number of nitrogens with one attached hydrogen (secondary N) is 1. The number of carbonyl (C=O) groups excluding carboxylic acids is 1. The molecule has 0 spiro atoms. The summed E-state index contributed by atoms with van der Waals surface area (Å²) in [5, 5.41) is 13.6. The number of fused-ring (bicyclic) bond motifs is 1. The molecule has 1 amide bonds. The number of benzene rings is 2. The lowest BCUT2D eigenvalue weighted by molar-refractivity contribution is -0.384. The van der Waals surface area contributed by atoms with Gasteiger partial charge in [-0.1, -0.05) is 30.3 Å². The number of nitro benzene ring substituents is 1. The quantitative estimate of drug-likeness (QED) is 0.425. The number of halogens is 1. The number of aromatic nitrogens is 1. The maximum atomic E-state index is 12.0. The molecule has 0 bridgehead atoms. The molecule has 154 valence electrons. The zero-order chi connectivity index (χ0) is 20.1. The minimum atomic E-state index is -0.609. The van der Waals surface area contributed by atoms with Gasteiger partial charge < -0.3 is 15.5 Å². The minimum Gasteiger partial charge on any atom is -0.407 e. The van der Waals surface area contributed by atoms with E-state index in [1.807, 2.05) is 30.3 Å². The summed E-state index contributed by atoms with van der Waals surface area (Å²) in [5.41, 5.74) is 7.44. The molecule has 1 unspecified atom stereocenters. The highest BCUT2D eigenvalue weighted by molar-refractivity contribution is 5.85. The van der Waals surface area contributed by atoms with Crippen molar-refractivity contribution in [2.45, 2.75) is 25.4 Å². The molecule has 0 saturated carbocycles. The van der Waals surface area contributed by atoms with E-state index in [1.54, 1.807) is 0 Å². The van der Waals surface area contributed by atoms with Crippen LogP contribution in [0.3, 0.4) is 0 Å². The average Bonchev–Trinajstić information content (AvgIpc) is 3.01. The Hall–Kier alpha value is -3.17. The molecule has 1 aromatic heterocycles. The fraction of sp³-hybridized carbons (Fsp3) is 0.263. The van der Waals surface area contributed by atoms with Gasteiger partial charge in [-0.05, 0) is 18.1 Å². The topological polar surface area (TPSA) is 133 Å². The number of aryl methyl sites for hydroxylation is 1. The molecule has 3 aromatic rings. The molecule has 0 aliphatic heterocycles. The standard InChI is InChI=1S/C19H20N4O5.ClH/c20-15(13-5-2-1-3-6-13)12-21-18(24)7-4-10-22-16-9-8-14(23(26)27)11-17(16)28-19(22)25;/h1-3,5-6,8-9,11,15H,4,7,10,12,20H2,(H,21,24);1H. The fourth-order valence-corrected chi connectivity index (χ4v) is 2.91. The Bertz CT molecular complexity index is 1050. The Labute approximate surface area is 172 Å². The number of rotatable bonds is 8. The van der Waals surface area contributed by atoms with Gasteiger partial charge in [0, 0.05) is 31.6 Å². The maximum absolute atomic E-state index is 12.0. The largest absolute Gasteiger partial charge is 0.419 e. The van der Waals surface area contributed by atoms with E-state index in [-0.39, 0.29) is 48.6 Å². The lowest BCUT2D eigenvalue weighted by Gasteiger charge is -2.13. The number of carbonyl (C=O) groups is 1. The Kier molecular flexibility index (Phi) is 7.52. The highest BCUT2D eigenvalue weighted by Crippen LogP contribution is 2.20. The van der Waals surface area contributed by atoms with Crippen LogP contribution in [0.1, 0.15) is 24.4 Å². The fourth-order valence-electron chi connectivity index (χ4n) is 2.91. The van der Waals surface area contributed by atoms with Crippen LogP contribution in [0.25, 0.3) is 11.1 Å². The van der Waals surface area contributed by atoms with Crippen LogP contribution in [0, 0.1) is 10.1 Å². The van der Waals surface area contributed by atoms with E-state index in [1.165, 1.54) is 22.8 Å². The van der Waals surface area contributed by atoms with Gasteiger partial charge in [0.05, 0.1) is 16.5 Å². The van der Waals surface area contributed by atoms with E-state index in [2.05, 4.69) is 5.32 Å². The van der Waals surface area contributed by atoms with E-state index in [0.717, 1.165) is 5.56 Å². The zero-order valence-corrected chi connectivity index (χ0v) is 16.3. The summed E-state index contributed by atoms with van der Waals surface area (Å²) in [7, 11) is 0. The number of oxazole rings is 1. The van der Waals surface area contributed by atoms with Crippen molar-refractivity contribution in [2.75, 3.05) is 6.54 Å². The van der Waals surface area contributed by atoms with Gasteiger partial charge in [0.1, 0.15) is 0 Å². The summed E-state index contributed by atoms with van der Waals surface area (Å²) in [5.74, 6) is -0.773. The number of non-ortho nitro benzene ring substituents is 1. The first kappa shape index (κ1) is 22.1. The van der Waals surface area contributed by atoms with Gasteiger partial charge in [0.15, 0.2) is 5.58 Å². The normalized spacial score (nSPS) is 11.6. The lowest BCUT2D eigenvalue weighted by atomic mass is 10.1. The number of nitro groups is 1. The van der Waals surface area contributed by atoms with Gasteiger partial charge in [0.2, 0.25) is 5.91 Å². The first-order chi connectivity index (χ1) is 13.5. The molecule has 3 rings (SSSR count). The second-order valence-corrected chi connectivity index (χ2v) is 6.35. The summed E-state index contributed by atoms with van der Waals surface area (Å²) >= 11 is 0. The van der Waals surface area contributed by atoms with E-state index in [0.29, 0.717) is 18.5 Å². The second-order valence-electron chi connectivity index (χ2n) is 6.35. The van der Waals surface area contributed by atoms with Crippen molar-refractivity contribution in [1.82, 2.24) is 9.88 Å². The molecule has 1 heterocycles. The highest BCUT2D eigenvalue weighted by Gasteiger charge is 2.14. The van der Waals surface area contributed by atoms with Gasteiger partial charge in [-0.15, -0.1) is 12.4 Å². The summed E-state index contributed by atoms with van der Waals surface area (Å²) in [6.07, 6.45) is 0.630. The monoisotopic (exact) mass is 420 g/mol. The number of nitrogens with two attached hydrogens (primary N) is 1. The van der Waals surface area contributed by atoms with Crippen LogP contribution in [0.2, 0.25) is 0 Å². The summed E-state index contributed by atoms with van der Waals surface area (Å²) in [4.78, 5) is 34.3. The third-order valence-electron chi connectivity index (χ3n) is 4.40. The van der Waals surface area contributed by atoms with E-state index >= 15 is 0 Å². The third-order valence-corrected chi connectivity index (χ3v) is 4.40. The number of hydrogen-bond donors (Lipinski definition) is 2. The molecule has 3 N–H and O–H groups in total. The second kappa shape index (κ2) is 9.85. The van der Waals surface area contributed by atoms with Gasteiger partial charge in [-0.2, -0.15) is 0 Å². The van der Waals surface area contributed by atoms with Gasteiger partial charge >= 0.3 is 5.76 Å². The first-order valence-corrected chi connectivity index (χ1v) is 8.80. The molecule has 2 aromatic carbocycles. The molecule has 1 atom stereocenters. The van der Waals surface area contributed by atoms with Crippen LogP contribution in [0.5, 0.6) is 0 Å². The van der Waals surface area contributed by atoms with Crippen molar-refractivity contribution in [3.63, 3.8) is 0 Å². The van der Waals surface area contributed by atoms with Crippen LogP contribution in [-0.2, 0) is 11.3 Å². The summed E-state index contributed by atoms with van der Waals surface area (Å²) < 4.78 is 6.42. The lowest BCUT2D eigenvalue weighted by Crippen LogP contribution is -2.32. The number of hydrogen-bond acceptors (Lipinski definition) is 6. The molecule has 0 aliphatic carbocycles. The molecule has 0 fully saturated rings. The molecule has 0 aliphatic rings. The number of nitrogens with zero attached hydrogens (tertiary/aromatic N) is 2. The minimum absolute atomic E-state index is 0. The number of amides is 1. The summed E-state index contributed by atoms with van der Waals surface area (Å²) in [6.45, 7) is 0.586. The Morgan fingerprint density at radius 2 is 1.97 bits per heavy atom. The van der Waals surface area contributed by atoms with Crippen molar-refractivity contribution in [2.24, 2.45) is 5.73 Å². The van der Waals surface area contributed by atoms with Crippen molar-refractivity contribution in [1.29, 1.82) is 0 Å². The molecule has 0 radical (unpaired) electrons. The molecular formula is C19H21ClN4O5. The highest BCUT2D eigenvalue weighted by atomic mass is 35.5. The third kappa shape index (κ3) is 5.43. The SMILES string of the molecule is Cl.NC(CNC(=O)CCCn1c(=O)oc2cc([N+](=O)[O-])ccc21)c1ccccc1.